The smallest absolute Gasteiger partial charge is 0.230 e. The Kier molecular flexibility index (Phi) is 8.40. The number of nitrogens with one attached hydrogen (secondary N) is 2. The lowest BCUT2D eigenvalue weighted by Crippen LogP contribution is -2.24. The number of amides is 1. The fourth-order valence-corrected chi connectivity index (χ4v) is 4.38. The highest BCUT2D eigenvalue weighted by atomic mass is 32.2. The van der Waals surface area contributed by atoms with Crippen molar-refractivity contribution in [3.63, 3.8) is 0 Å². The van der Waals surface area contributed by atoms with Crippen molar-refractivity contribution in [2.45, 2.75) is 10.9 Å². The topological polar surface area (TPSA) is 104 Å². The molecule has 0 atom stereocenters. The number of aromatic nitrogens is 2. The second-order valence-electron chi connectivity index (χ2n) is 6.28. The van der Waals surface area contributed by atoms with Gasteiger partial charge in [-0.05, 0) is 18.2 Å². The van der Waals surface area contributed by atoms with Crippen LogP contribution >= 0.6 is 23.1 Å². The molecule has 0 spiro atoms. The lowest BCUT2D eigenvalue weighted by molar-refractivity contribution is -0.118. The molecule has 1 amide bonds. The lowest BCUT2D eigenvalue weighted by atomic mass is 10.1. The molecular weight excluding hydrogens is 452 g/mol. The molecule has 0 saturated carbocycles. The third kappa shape index (κ3) is 5.95. The molecule has 0 aliphatic heterocycles. The Morgan fingerprint density at radius 2 is 1.62 bits per heavy atom. The number of anilines is 2. The van der Waals surface area contributed by atoms with Crippen molar-refractivity contribution >= 4 is 39.8 Å². The molecule has 3 rings (SSSR count). The van der Waals surface area contributed by atoms with Crippen molar-refractivity contribution < 1.29 is 23.7 Å². The first-order valence-electron chi connectivity index (χ1n) is 9.49. The van der Waals surface area contributed by atoms with Gasteiger partial charge in [0, 0.05) is 18.2 Å². The van der Waals surface area contributed by atoms with Gasteiger partial charge in [0.2, 0.25) is 11.0 Å². The van der Waals surface area contributed by atoms with Crippen LogP contribution in [0.15, 0.2) is 40.7 Å². The summed E-state index contributed by atoms with van der Waals surface area (Å²) in [7, 11) is 6.29. The first-order chi connectivity index (χ1) is 15.6. The van der Waals surface area contributed by atoms with Crippen molar-refractivity contribution in [1.29, 1.82) is 0 Å². The van der Waals surface area contributed by atoms with Gasteiger partial charge in [-0.1, -0.05) is 35.2 Å². The molecule has 2 N–H and O–H groups in total. The highest BCUT2D eigenvalue weighted by Gasteiger charge is 2.14. The van der Waals surface area contributed by atoms with Crippen molar-refractivity contribution in [3.05, 3.63) is 42.0 Å². The predicted octanol–water partition coefficient (Wildman–Crippen LogP) is 3.72. The highest BCUT2D eigenvalue weighted by Crippen LogP contribution is 2.35. The van der Waals surface area contributed by atoms with Gasteiger partial charge in [0.05, 0.1) is 39.9 Å². The van der Waals surface area contributed by atoms with Crippen LogP contribution in [-0.4, -0.2) is 50.3 Å². The molecule has 0 saturated heterocycles. The molecule has 11 heteroatoms. The van der Waals surface area contributed by atoms with Crippen LogP contribution in [0, 0.1) is 0 Å². The number of para-hydroxylation sites is 2. The maximum absolute atomic E-state index is 12.3. The number of hydrogen-bond donors (Lipinski definition) is 2. The van der Waals surface area contributed by atoms with Crippen LogP contribution in [-0.2, 0) is 11.3 Å². The Hall–Kier alpha value is -3.18. The summed E-state index contributed by atoms with van der Waals surface area (Å²) in [6, 6.07) is 11.1. The van der Waals surface area contributed by atoms with E-state index in [0.29, 0.717) is 39.0 Å². The fourth-order valence-electron chi connectivity index (χ4n) is 2.78. The molecule has 1 heterocycles. The van der Waals surface area contributed by atoms with Crippen molar-refractivity contribution in [2.24, 2.45) is 0 Å². The SMILES string of the molecule is COc1cc(OC)c(OC)cc1CNC(=O)CSc1nnc(Nc2ccccc2OC)s1. The second-order valence-corrected chi connectivity index (χ2v) is 8.48. The van der Waals surface area contributed by atoms with Crippen molar-refractivity contribution in [3.8, 4) is 23.0 Å². The van der Waals surface area contributed by atoms with Gasteiger partial charge in [-0.2, -0.15) is 0 Å². The van der Waals surface area contributed by atoms with E-state index in [-0.39, 0.29) is 11.7 Å². The van der Waals surface area contributed by atoms with Gasteiger partial charge in [0.1, 0.15) is 11.5 Å². The number of thioether (sulfide) groups is 1. The van der Waals surface area contributed by atoms with E-state index in [0.717, 1.165) is 11.3 Å². The largest absolute Gasteiger partial charge is 0.496 e. The zero-order valence-corrected chi connectivity index (χ0v) is 19.8. The zero-order chi connectivity index (χ0) is 22.9. The van der Waals surface area contributed by atoms with Crippen LogP contribution in [0.5, 0.6) is 23.0 Å². The number of ether oxygens (including phenoxy) is 4. The second kappa shape index (κ2) is 11.4. The van der Waals surface area contributed by atoms with Crippen LogP contribution in [0.1, 0.15) is 5.56 Å². The summed E-state index contributed by atoms with van der Waals surface area (Å²) >= 11 is 2.68. The summed E-state index contributed by atoms with van der Waals surface area (Å²) in [5, 5.41) is 14.9. The summed E-state index contributed by atoms with van der Waals surface area (Å²) in [6.45, 7) is 0.291. The van der Waals surface area contributed by atoms with E-state index in [1.807, 2.05) is 24.3 Å². The number of nitrogens with zero attached hydrogens (tertiary/aromatic N) is 2. The minimum absolute atomic E-state index is 0.138. The molecule has 0 radical (unpaired) electrons. The summed E-state index contributed by atoms with van der Waals surface area (Å²) in [6.07, 6.45) is 0. The first kappa shape index (κ1) is 23.5. The van der Waals surface area contributed by atoms with Crippen LogP contribution in [0.3, 0.4) is 0 Å². The number of carbonyl (C=O) groups is 1. The number of rotatable bonds is 11. The van der Waals surface area contributed by atoms with E-state index in [9.17, 15) is 4.79 Å². The standard InChI is InChI=1S/C21H24N4O5S2/c1-27-15-8-6-5-7-14(15)23-20-24-25-21(32-20)31-12-19(26)22-11-13-9-17(29-3)18(30-4)10-16(13)28-2/h5-10H,11-12H2,1-4H3,(H,22,26)(H,23,24). The van der Waals surface area contributed by atoms with Gasteiger partial charge in [0.15, 0.2) is 15.8 Å². The van der Waals surface area contributed by atoms with Crippen LogP contribution < -0.4 is 29.6 Å². The van der Waals surface area contributed by atoms with Crippen molar-refractivity contribution in [1.82, 2.24) is 15.5 Å². The van der Waals surface area contributed by atoms with E-state index >= 15 is 0 Å². The number of methoxy groups -OCH3 is 4. The van der Waals surface area contributed by atoms with Gasteiger partial charge in [-0.3, -0.25) is 4.79 Å². The highest BCUT2D eigenvalue weighted by molar-refractivity contribution is 8.01. The lowest BCUT2D eigenvalue weighted by Gasteiger charge is -2.14. The molecule has 1 aromatic heterocycles. The number of hydrogen-bond acceptors (Lipinski definition) is 10. The molecule has 2 aromatic carbocycles. The Morgan fingerprint density at radius 1 is 0.938 bits per heavy atom. The molecule has 170 valence electrons. The van der Waals surface area contributed by atoms with Gasteiger partial charge in [-0.25, -0.2) is 0 Å². The van der Waals surface area contributed by atoms with E-state index < -0.39 is 0 Å². The van der Waals surface area contributed by atoms with Gasteiger partial charge < -0.3 is 29.6 Å². The van der Waals surface area contributed by atoms with E-state index in [2.05, 4.69) is 20.8 Å². The number of carbonyl (C=O) groups excluding carboxylic acids is 1. The minimum atomic E-state index is -0.138. The summed E-state index contributed by atoms with van der Waals surface area (Å²) in [5.74, 6) is 2.51. The fraction of sp³-hybridized carbons (Fsp3) is 0.286. The molecule has 32 heavy (non-hydrogen) atoms. The molecule has 9 nitrogen and oxygen atoms in total. The van der Waals surface area contributed by atoms with E-state index in [1.54, 1.807) is 40.6 Å². The summed E-state index contributed by atoms with van der Waals surface area (Å²) in [4.78, 5) is 12.3. The average molecular weight is 477 g/mol. The normalized spacial score (nSPS) is 10.4. The molecule has 0 fully saturated rings. The first-order valence-corrected chi connectivity index (χ1v) is 11.3. The maximum Gasteiger partial charge on any atom is 0.230 e. The Balaban J connectivity index is 1.54. The summed E-state index contributed by atoms with van der Waals surface area (Å²) < 4.78 is 22.0. The van der Waals surface area contributed by atoms with Crippen LogP contribution in [0.2, 0.25) is 0 Å². The minimum Gasteiger partial charge on any atom is -0.496 e. The molecule has 0 bridgehead atoms. The zero-order valence-electron chi connectivity index (χ0n) is 18.1. The van der Waals surface area contributed by atoms with E-state index in [1.165, 1.54) is 23.1 Å². The Bertz CT molecular complexity index is 1060. The molecular formula is C21H24N4O5S2. The average Bonchev–Trinajstić information content (AvgIpc) is 3.28. The predicted molar refractivity (Wildman–Crippen MR) is 125 cm³/mol. The molecule has 0 aliphatic rings. The third-order valence-electron chi connectivity index (χ3n) is 4.34. The van der Waals surface area contributed by atoms with Crippen LogP contribution in [0.4, 0.5) is 10.8 Å². The van der Waals surface area contributed by atoms with Crippen LogP contribution in [0.25, 0.3) is 0 Å². The Morgan fingerprint density at radius 3 is 2.34 bits per heavy atom. The molecule has 3 aromatic rings. The maximum atomic E-state index is 12.3. The quantitative estimate of drug-likeness (QED) is 0.401. The van der Waals surface area contributed by atoms with Gasteiger partial charge >= 0.3 is 0 Å². The Labute approximate surface area is 194 Å². The summed E-state index contributed by atoms with van der Waals surface area (Å²) in [5.41, 5.74) is 1.58. The van der Waals surface area contributed by atoms with E-state index in [4.69, 9.17) is 18.9 Å². The van der Waals surface area contributed by atoms with Crippen molar-refractivity contribution in [2.75, 3.05) is 39.5 Å². The third-order valence-corrected chi connectivity index (χ3v) is 6.32. The molecule has 0 unspecified atom stereocenters. The number of benzene rings is 2. The molecule has 0 aliphatic carbocycles. The monoisotopic (exact) mass is 476 g/mol. The van der Waals surface area contributed by atoms with Gasteiger partial charge in [0.25, 0.3) is 0 Å². The van der Waals surface area contributed by atoms with Gasteiger partial charge in [-0.15, -0.1) is 10.2 Å².